The molecule has 3 aromatic carbocycles. The number of nitrogens with zero attached hydrogens (tertiary/aromatic N) is 2. The summed E-state index contributed by atoms with van der Waals surface area (Å²) in [6.07, 6.45) is 0.944. The lowest BCUT2D eigenvalue weighted by molar-refractivity contribution is 0.0971. The second kappa shape index (κ2) is 7.69. The largest absolute Gasteiger partial charge is 0.310 e. The van der Waals surface area contributed by atoms with E-state index in [1.165, 1.54) is 0 Å². The Bertz CT molecular complexity index is 1170. The first-order valence-corrected chi connectivity index (χ1v) is 9.60. The van der Waals surface area contributed by atoms with Crippen LogP contribution >= 0.6 is 0 Å². The molecule has 0 spiro atoms. The third-order valence-electron chi connectivity index (χ3n) is 5.04. The van der Waals surface area contributed by atoms with Gasteiger partial charge in [-0.1, -0.05) is 73.7 Å². The van der Waals surface area contributed by atoms with E-state index in [1.807, 2.05) is 71.3 Å². The number of rotatable bonds is 6. The standard InChI is InChI=1S/C24H23N3O/c1-2-16-26-21-10-6-7-11-22(21)27(24(26)25)17-23(28)20-14-12-19(13-15-20)18-8-4-3-5-9-18/h3-15,25H,2,16-17H2,1H3. The van der Waals surface area contributed by atoms with E-state index in [-0.39, 0.29) is 12.3 Å². The second-order valence-electron chi connectivity index (χ2n) is 6.92. The fourth-order valence-electron chi connectivity index (χ4n) is 3.62. The highest BCUT2D eigenvalue weighted by Crippen LogP contribution is 2.20. The smallest absolute Gasteiger partial charge is 0.203 e. The Kier molecular flexibility index (Phi) is 4.94. The molecule has 1 heterocycles. The van der Waals surface area contributed by atoms with Crippen molar-refractivity contribution in [2.24, 2.45) is 0 Å². The summed E-state index contributed by atoms with van der Waals surface area (Å²) in [4.78, 5) is 12.9. The van der Waals surface area contributed by atoms with E-state index in [2.05, 4.69) is 19.1 Å². The Morgan fingerprint density at radius 1 is 0.786 bits per heavy atom. The first-order valence-electron chi connectivity index (χ1n) is 9.60. The summed E-state index contributed by atoms with van der Waals surface area (Å²) in [5, 5.41) is 8.55. The van der Waals surface area contributed by atoms with Gasteiger partial charge in [-0.15, -0.1) is 0 Å². The van der Waals surface area contributed by atoms with Gasteiger partial charge in [-0.05, 0) is 29.7 Å². The molecule has 0 aliphatic rings. The number of imidazole rings is 1. The topological polar surface area (TPSA) is 50.8 Å². The maximum atomic E-state index is 12.9. The predicted molar refractivity (Wildman–Crippen MR) is 112 cm³/mol. The molecule has 140 valence electrons. The molecular formula is C24H23N3O. The Morgan fingerprint density at radius 2 is 1.36 bits per heavy atom. The quantitative estimate of drug-likeness (QED) is 0.484. The summed E-state index contributed by atoms with van der Waals surface area (Å²) in [5.41, 5.74) is 5.19. The molecule has 0 unspecified atom stereocenters. The van der Waals surface area contributed by atoms with Gasteiger partial charge in [0.1, 0.15) is 0 Å². The number of ketones is 1. The molecule has 1 aromatic heterocycles. The van der Waals surface area contributed by atoms with Crippen LogP contribution in [-0.4, -0.2) is 14.9 Å². The first kappa shape index (κ1) is 18.0. The summed E-state index contributed by atoms with van der Waals surface area (Å²) in [6, 6.07) is 25.7. The van der Waals surface area contributed by atoms with Crippen molar-refractivity contribution in [3.63, 3.8) is 0 Å². The van der Waals surface area contributed by atoms with Gasteiger partial charge in [0, 0.05) is 12.1 Å². The predicted octanol–water partition coefficient (Wildman–Crippen LogP) is 4.88. The summed E-state index contributed by atoms with van der Waals surface area (Å²) in [7, 11) is 0. The fraction of sp³-hybridized carbons (Fsp3) is 0.167. The number of carbonyl (C=O) groups excluding carboxylic acids is 1. The molecule has 0 fully saturated rings. The number of benzene rings is 3. The summed E-state index contributed by atoms with van der Waals surface area (Å²) in [5.74, 6) is 0.0116. The molecule has 0 amide bonds. The molecule has 4 heteroatoms. The highest BCUT2D eigenvalue weighted by molar-refractivity contribution is 5.97. The number of aryl methyl sites for hydroxylation is 1. The number of hydrogen-bond donors (Lipinski definition) is 1. The van der Waals surface area contributed by atoms with Crippen molar-refractivity contribution >= 4 is 16.8 Å². The zero-order chi connectivity index (χ0) is 19.5. The van der Waals surface area contributed by atoms with Crippen molar-refractivity contribution in [1.29, 1.82) is 5.41 Å². The Morgan fingerprint density at radius 3 is 2.00 bits per heavy atom. The Hall–Kier alpha value is -3.40. The SMILES string of the molecule is CCCn1c(=N)n(CC(=O)c2ccc(-c3ccccc3)cc2)c2ccccc21. The van der Waals surface area contributed by atoms with Crippen molar-refractivity contribution in [2.45, 2.75) is 26.4 Å². The van der Waals surface area contributed by atoms with Gasteiger partial charge < -0.3 is 9.13 Å². The molecule has 0 saturated carbocycles. The lowest BCUT2D eigenvalue weighted by atomic mass is 10.0. The highest BCUT2D eigenvalue weighted by atomic mass is 16.1. The van der Waals surface area contributed by atoms with Gasteiger partial charge in [0.2, 0.25) is 5.62 Å². The van der Waals surface area contributed by atoms with Crippen molar-refractivity contribution in [2.75, 3.05) is 0 Å². The number of hydrogen-bond acceptors (Lipinski definition) is 2. The number of Topliss-reactive ketones (excluding diaryl/α,β-unsaturated/α-hetero) is 1. The van der Waals surface area contributed by atoms with Crippen LogP contribution in [0, 0.1) is 5.41 Å². The zero-order valence-electron chi connectivity index (χ0n) is 15.9. The molecule has 0 bridgehead atoms. The summed E-state index contributed by atoms with van der Waals surface area (Å²) >= 11 is 0. The summed E-state index contributed by atoms with van der Waals surface area (Å²) in [6.45, 7) is 3.03. The van der Waals surface area contributed by atoms with Crippen LogP contribution in [0.25, 0.3) is 22.2 Å². The maximum Gasteiger partial charge on any atom is 0.203 e. The van der Waals surface area contributed by atoms with Gasteiger partial charge in [0.15, 0.2) is 5.78 Å². The molecular weight excluding hydrogens is 346 g/mol. The second-order valence-corrected chi connectivity index (χ2v) is 6.92. The minimum absolute atomic E-state index is 0.0116. The van der Waals surface area contributed by atoms with E-state index in [9.17, 15) is 4.79 Å². The van der Waals surface area contributed by atoms with E-state index in [4.69, 9.17) is 5.41 Å². The van der Waals surface area contributed by atoms with Gasteiger partial charge in [-0.25, -0.2) is 0 Å². The van der Waals surface area contributed by atoms with Crippen LogP contribution in [0.2, 0.25) is 0 Å². The van der Waals surface area contributed by atoms with Crippen LogP contribution in [0.3, 0.4) is 0 Å². The van der Waals surface area contributed by atoms with Gasteiger partial charge in [-0.3, -0.25) is 10.2 Å². The van der Waals surface area contributed by atoms with E-state index in [0.29, 0.717) is 11.2 Å². The fourth-order valence-corrected chi connectivity index (χ4v) is 3.62. The van der Waals surface area contributed by atoms with Crippen LogP contribution in [0.5, 0.6) is 0 Å². The van der Waals surface area contributed by atoms with Gasteiger partial charge in [0.25, 0.3) is 0 Å². The number of fused-ring (bicyclic) bond motifs is 1. The van der Waals surface area contributed by atoms with Gasteiger partial charge in [-0.2, -0.15) is 0 Å². The van der Waals surface area contributed by atoms with Crippen LogP contribution in [0.1, 0.15) is 23.7 Å². The van der Waals surface area contributed by atoms with Crippen LogP contribution in [0.4, 0.5) is 0 Å². The molecule has 0 aliphatic carbocycles. The first-order chi connectivity index (χ1) is 13.7. The molecule has 4 rings (SSSR count). The van der Waals surface area contributed by atoms with Gasteiger partial charge >= 0.3 is 0 Å². The number of para-hydroxylation sites is 2. The molecule has 4 aromatic rings. The van der Waals surface area contributed by atoms with Crippen molar-refractivity contribution in [3.8, 4) is 11.1 Å². The third-order valence-corrected chi connectivity index (χ3v) is 5.04. The summed E-state index contributed by atoms with van der Waals surface area (Å²) < 4.78 is 3.78. The molecule has 0 radical (unpaired) electrons. The molecule has 28 heavy (non-hydrogen) atoms. The Labute approximate surface area is 164 Å². The molecule has 0 aliphatic heterocycles. The lowest BCUT2D eigenvalue weighted by Gasteiger charge is -2.06. The average Bonchev–Trinajstić information content (AvgIpc) is 3.01. The van der Waals surface area contributed by atoms with E-state index in [0.717, 1.165) is 35.1 Å². The molecule has 0 atom stereocenters. The van der Waals surface area contributed by atoms with Crippen molar-refractivity contribution < 1.29 is 4.79 Å². The minimum Gasteiger partial charge on any atom is -0.310 e. The maximum absolute atomic E-state index is 12.9. The van der Waals surface area contributed by atoms with E-state index in [1.54, 1.807) is 4.57 Å². The highest BCUT2D eigenvalue weighted by Gasteiger charge is 2.14. The van der Waals surface area contributed by atoms with E-state index < -0.39 is 0 Å². The zero-order valence-corrected chi connectivity index (χ0v) is 15.9. The number of nitrogens with one attached hydrogen (secondary N) is 1. The number of aromatic nitrogens is 2. The number of carbonyl (C=O) groups is 1. The molecule has 0 saturated heterocycles. The molecule has 4 nitrogen and oxygen atoms in total. The van der Waals surface area contributed by atoms with Crippen LogP contribution in [0.15, 0.2) is 78.9 Å². The third kappa shape index (κ3) is 3.29. The minimum atomic E-state index is 0.0116. The van der Waals surface area contributed by atoms with Gasteiger partial charge in [0.05, 0.1) is 17.6 Å². The lowest BCUT2D eigenvalue weighted by Crippen LogP contribution is -2.27. The molecule has 1 N–H and O–H groups in total. The monoisotopic (exact) mass is 369 g/mol. The van der Waals surface area contributed by atoms with Crippen LogP contribution in [-0.2, 0) is 13.1 Å². The normalized spacial score (nSPS) is 11.0. The van der Waals surface area contributed by atoms with Crippen molar-refractivity contribution in [1.82, 2.24) is 9.13 Å². The Balaban J connectivity index is 1.64. The van der Waals surface area contributed by atoms with Crippen molar-refractivity contribution in [3.05, 3.63) is 90.0 Å². The van der Waals surface area contributed by atoms with Crippen LogP contribution < -0.4 is 5.62 Å². The average molecular weight is 369 g/mol. The van der Waals surface area contributed by atoms with E-state index >= 15 is 0 Å².